The zero-order valence-corrected chi connectivity index (χ0v) is 8.44. The van der Waals surface area contributed by atoms with Gasteiger partial charge in [0, 0.05) is 15.4 Å². The third-order valence-electron chi connectivity index (χ3n) is 0.365. The number of carbonyl (C=O) groups is 1. The summed E-state index contributed by atoms with van der Waals surface area (Å²) in [6.07, 6.45) is 0. The minimum absolute atomic E-state index is 0.315. The first-order chi connectivity index (χ1) is 4.06. The van der Waals surface area contributed by atoms with Crippen molar-refractivity contribution < 1.29 is 35.6 Å². The second-order valence-corrected chi connectivity index (χ2v) is 2.64. The number of carboxylic acid groups (broad SMARTS) is 1. The summed E-state index contributed by atoms with van der Waals surface area (Å²) < 4.78 is 17.0. The van der Waals surface area contributed by atoms with Gasteiger partial charge >= 0.3 is 31.7 Å². The second-order valence-electron chi connectivity index (χ2n) is 1.17. The van der Waals surface area contributed by atoms with E-state index in [2.05, 4.69) is 6.58 Å². The van der Waals surface area contributed by atoms with E-state index < -0.39 is 25.1 Å². The molecule has 0 radical (unpaired) electrons. The van der Waals surface area contributed by atoms with Crippen LogP contribution in [0.25, 0.3) is 0 Å². The molecular formula is C3H6O4SiTi. The fraction of sp³-hybridized carbons (Fsp3) is 0. The van der Waals surface area contributed by atoms with Crippen LogP contribution in [-0.2, 0) is 30.5 Å². The predicted octanol–water partition coefficient (Wildman–Crippen LogP) is -1.29. The summed E-state index contributed by atoms with van der Waals surface area (Å²) in [5.41, 5.74) is 0. The number of aliphatic carboxylic acids is 1. The van der Waals surface area contributed by atoms with Gasteiger partial charge in [-0.2, -0.15) is 0 Å². The van der Waals surface area contributed by atoms with E-state index >= 15 is 0 Å². The first kappa shape index (κ1) is 11.5. The molecule has 6 heteroatoms. The van der Waals surface area contributed by atoms with E-state index in [1.54, 1.807) is 0 Å². The van der Waals surface area contributed by atoms with E-state index in [9.17, 15) is 4.79 Å². The van der Waals surface area contributed by atoms with Crippen LogP contribution < -0.4 is 0 Å². The third-order valence-corrected chi connectivity index (χ3v) is 0.793. The molecular weight excluding hydrogens is 176 g/mol. The molecule has 0 aliphatic rings. The maximum absolute atomic E-state index is 9.63. The number of hydrogen-bond acceptors (Lipinski definition) is 3. The molecule has 0 spiro atoms. The van der Waals surface area contributed by atoms with Crippen LogP contribution in [0, 0.1) is 0 Å². The molecule has 0 rings (SSSR count). The first-order valence-electron chi connectivity index (χ1n) is 1.94. The van der Waals surface area contributed by atoms with Gasteiger partial charge in [0.15, 0.2) is 0 Å². The summed E-state index contributed by atoms with van der Waals surface area (Å²) >= 11 is -2.00. The van der Waals surface area contributed by atoms with Crippen molar-refractivity contribution in [2.24, 2.45) is 0 Å². The molecule has 0 heterocycles. The molecule has 0 aromatic rings. The van der Waals surface area contributed by atoms with Gasteiger partial charge in [0.25, 0.3) is 0 Å². The van der Waals surface area contributed by atoms with Crippen molar-refractivity contribution in [2.75, 3.05) is 0 Å². The van der Waals surface area contributed by atoms with Crippen molar-refractivity contribution in [1.29, 1.82) is 0 Å². The van der Waals surface area contributed by atoms with Crippen molar-refractivity contribution in [1.82, 2.24) is 0 Å². The Morgan fingerprint density at radius 3 is 1.67 bits per heavy atom. The van der Waals surface area contributed by atoms with Gasteiger partial charge in [-0.25, -0.2) is 4.79 Å². The fourth-order valence-corrected chi connectivity index (χ4v) is 0. The van der Waals surface area contributed by atoms with Crippen molar-refractivity contribution >= 4 is 16.2 Å². The quantitative estimate of drug-likeness (QED) is 0.404. The predicted molar refractivity (Wildman–Crippen MR) is 28.1 cm³/mol. The van der Waals surface area contributed by atoms with Crippen molar-refractivity contribution in [3.05, 3.63) is 11.8 Å². The topological polar surface area (TPSA) is 71.4 Å². The molecule has 0 saturated carbocycles. The SMILES string of the molecule is C=C([SiH3])C(=O)O.[O]=[Ti]=[O]. The van der Waals surface area contributed by atoms with Crippen LogP contribution in [0.1, 0.15) is 0 Å². The molecule has 0 aliphatic heterocycles. The summed E-state index contributed by atoms with van der Waals surface area (Å²) in [6, 6.07) is 0. The molecule has 0 fully saturated rings. The Morgan fingerprint density at radius 2 is 1.67 bits per heavy atom. The van der Waals surface area contributed by atoms with Crippen molar-refractivity contribution in [2.45, 2.75) is 0 Å². The minimum atomic E-state index is -2.00. The molecule has 1 N–H and O–H groups in total. The average molecular weight is 182 g/mol. The van der Waals surface area contributed by atoms with E-state index in [-0.39, 0.29) is 0 Å². The van der Waals surface area contributed by atoms with Crippen LogP contribution in [0.2, 0.25) is 0 Å². The van der Waals surface area contributed by atoms with Gasteiger partial charge in [0.1, 0.15) is 0 Å². The Kier molecular flexibility index (Phi) is 9.91. The summed E-state index contributed by atoms with van der Waals surface area (Å²) in [5, 5.41) is 8.24. The van der Waals surface area contributed by atoms with Gasteiger partial charge in [-0.3, -0.25) is 0 Å². The average Bonchev–Trinajstić information content (AvgIpc) is 1.68. The van der Waals surface area contributed by atoms with Crippen LogP contribution >= 0.6 is 0 Å². The molecule has 0 unspecified atom stereocenters. The van der Waals surface area contributed by atoms with Crippen molar-refractivity contribution in [3.63, 3.8) is 0 Å². The Bertz CT molecular complexity index is 136. The summed E-state index contributed by atoms with van der Waals surface area (Å²) in [7, 11) is 0.559. The van der Waals surface area contributed by atoms with Gasteiger partial charge < -0.3 is 5.11 Å². The summed E-state index contributed by atoms with van der Waals surface area (Å²) in [6.45, 7) is 3.22. The number of rotatable bonds is 1. The standard InChI is InChI=1S/C3H6O2Si.2O.Ti/c1-2(6)3(4)5;;;/h1H2,6H3,(H,4,5);;;. The van der Waals surface area contributed by atoms with Gasteiger partial charge in [-0.05, 0) is 0 Å². The van der Waals surface area contributed by atoms with Crippen LogP contribution in [0.4, 0.5) is 0 Å². The zero-order chi connectivity index (χ0) is 7.86. The molecule has 0 aromatic heterocycles. The summed E-state index contributed by atoms with van der Waals surface area (Å²) in [5.74, 6) is -0.873. The molecule has 0 aliphatic carbocycles. The van der Waals surface area contributed by atoms with Crippen molar-refractivity contribution in [3.8, 4) is 0 Å². The Morgan fingerprint density at radius 1 is 1.56 bits per heavy atom. The summed E-state index contributed by atoms with van der Waals surface area (Å²) in [4.78, 5) is 9.63. The molecule has 0 amide bonds. The number of hydrogen-bond donors (Lipinski definition) is 1. The van der Waals surface area contributed by atoms with Gasteiger partial charge in [0.2, 0.25) is 0 Å². The third kappa shape index (κ3) is 18.2. The maximum atomic E-state index is 9.63. The van der Waals surface area contributed by atoms with Gasteiger partial charge in [-0.1, -0.05) is 6.58 Å². The van der Waals surface area contributed by atoms with Gasteiger partial charge in [0.05, 0.1) is 0 Å². The monoisotopic (exact) mass is 182 g/mol. The molecule has 0 bridgehead atoms. The van der Waals surface area contributed by atoms with E-state index in [1.165, 1.54) is 0 Å². The molecule has 0 aromatic carbocycles. The van der Waals surface area contributed by atoms with Gasteiger partial charge in [-0.15, -0.1) is 0 Å². The first-order valence-corrected chi connectivity index (χ1v) is 4.21. The van der Waals surface area contributed by atoms with E-state index in [0.717, 1.165) is 0 Å². The normalized spacial score (nSPS) is 6.22. The van der Waals surface area contributed by atoms with E-state index in [0.29, 0.717) is 15.4 Å². The van der Waals surface area contributed by atoms with Crippen LogP contribution in [0.3, 0.4) is 0 Å². The Labute approximate surface area is 63.9 Å². The van der Waals surface area contributed by atoms with E-state index in [4.69, 9.17) is 11.8 Å². The molecule has 50 valence electrons. The van der Waals surface area contributed by atoms with Crippen LogP contribution in [0.5, 0.6) is 0 Å². The van der Waals surface area contributed by atoms with Crippen LogP contribution in [-0.4, -0.2) is 21.3 Å². The Balaban J connectivity index is 0. The second kappa shape index (κ2) is 7.74. The van der Waals surface area contributed by atoms with E-state index in [1.807, 2.05) is 0 Å². The van der Waals surface area contributed by atoms with Crippen LogP contribution in [0.15, 0.2) is 11.8 Å². The molecule has 9 heavy (non-hydrogen) atoms. The zero-order valence-electron chi connectivity index (χ0n) is 4.88. The molecule has 0 saturated heterocycles. The molecule has 4 nitrogen and oxygen atoms in total. The number of carboxylic acids is 1. The Hall–Kier alpha value is -0.259. The molecule has 0 atom stereocenters. The fourth-order valence-electron chi connectivity index (χ4n) is 0.